The number of carbonyl (C=O) groups excluding carboxylic acids is 1. The van der Waals surface area contributed by atoms with Crippen LogP contribution in [0.3, 0.4) is 0 Å². The molecule has 0 unspecified atom stereocenters. The molecule has 0 aliphatic heterocycles. The maximum absolute atomic E-state index is 12.2. The van der Waals surface area contributed by atoms with Gasteiger partial charge in [0, 0.05) is 36.3 Å². The highest BCUT2D eigenvalue weighted by Gasteiger charge is 2.40. The van der Waals surface area contributed by atoms with Crippen molar-refractivity contribution in [2.45, 2.75) is 32.2 Å². The van der Waals surface area contributed by atoms with E-state index in [1.165, 1.54) is 0 Å². The molecule has 31 heavy (non-hydrogen) atoms. The highest BCUT2D eigenvalue weighted by Crippen LogP contribution is 2.39. The van der Waals surface area contributed by atoms with E-state index in [-0.39, 0.29) is 17.4 Å². The lowest BCUT2D eigenvalue weighted by atomic mass is 9.87. The Morgan fingerprint density at radius 3 is 3.00 bits per heavy atom. The van der Waals surface area contributed by atoms with Gasteiger partial charge in [0.15, 0.2) is 5.65 Å². The van der Waals surface area contributed by atoms with Gasteiger partial charge < -0.3 is 10.6 Å². The maximum atomic E-state index is 12.2. The Morgan fingerprint density at radius 2 is 2.16 bits per heavy atom. The van der Waals surface area contributed by atoms with E-state index >= 15 is 0 Å². The summed E-state index contributed by atoms with van der Waals surface area (Å²) in [5.41, 5.74) is 2.17. The molecule has 0 saturated heterocycles. The zero-order valence-corrected chi connectivity index (χ0v) is 18.8. The van der Waals surface area contributed by atoms with E-state index in [0.717, 1.165) is 41.2 Å². The van der Waals surface area contributed by atoms with Gasteiger partial charge in [-0.1, -0.05) is 13.0 Å². The highest BCUT2D eigenvalue weighted by atomic mass is 79.9. The van der Waals surface area contributed by atoms with Gasteiger partial charge in [-0.2, -0.15) is 10.1 Å². The van der Waals surface area contributed by atoms with Gasteiger partial charge >= 0.3 is 0 Å². The van der Waals surface area contributed by atoms with Crippen LogP contribution in [0.4, 0.5) is 5.95 Å². The quantitative estimate of drug-likeness (QED) is 0.461. The number of rotatable bonds is 4. The lowest BCUT2D eigenvalue weighted by Crippen LogP contribution is -2.35. The van der Waals surface area contributed by atoms with Crippen molar-refractivity contribution in [2.75, 3.05) is 12.4 Å². The van der Waals surface area contributed by atoms with Gasteiger partial charge in [0.2, 0.25) is 11.9 Å². The summed E-state index contributed by atoms with van der Waals surface area (Å²) >= 11 is 3.53. The van der Waals surface area contributed by atoms with E-state index in [9.17, 15) is 4.79 Å². The maximum Gasteiger partial charge on any atom is 0.225 e. The van der Waals surface area contributed by atoms with Gasteiger partial charge in [-0.25, -0.2) is 9.67 Å². The number of aromatic nitrogens is 5. The molecule has 5 rings (SSSR count). The fourth-order valence-electron chi connectivity index (χ4n) is 4.37. The number of benzene rings is 1. The first-order valence-corrected chi connectivity index (χ1v) is 11.0. The van der Waals surface area contributed by atoms with Crippen molar-refractivity contribution < 1.29 is 4.79 Å². The average Bonchev–Trinajstić information content (AvgIpc) is 3.33. The topological polar surface area (TPSA) is 97.6 Å². The van der Waals surface area contributed by atoms with E-state index in [4.69, 9.17) is 4.98 Å². The molecule has 1 aromatic carbocycles. The number of hydrogen-bond donors (Lipinski definition) is 2. The number of carbonyl (C=O) groups is 1. The Kier molecular flexibility index (Phi) is 4.85. The van der Waals surface area contributed by atoms with Crippen molar-refractivity contribution in [3.63, 3.8) is 0 Å². The van der Waals surface area contributed by atoms with Crippen LogP contribution in [0.2, 0.25) is 0 Å². The number of nitrogens with zero attached hydrogens (tertiary/aromatic N) is 5. The van der Waals surface area contributed by atoms with E-state index in [1.54, 1.807) is 19.4 Å². The second-order valence-corrected chi connectivity index (χ2v) is 8.99. The first-order chi connectivity index (χ1) is 15.0. The van der Waals surface area contributed by atoms with Crippen LogP contribution < -0.4 is 10.6 Å². The molecule has 0 spiro atoms. The summed E-state index contributed by atoms with van der Waals surface area (Å²) in [4.78, 5) is 25.8. The molecule has 8 nitrogen and oxygen atoms in total. The lowest BCUT2D eigenvalue weighted by Gasteiger charge is -2.22. The third kappa shape index (κ3) is 3.52. The van der Waals surface area contributed by atoms with Crippen LogP contribution in [-0.2, 0) is 4.79 Å². The Labute approximate surface area is 187 Å². The smallest absolute Gasteiger partial charge is 0.225 e. The van der Waals surface area contributed by atoms with E-state index in [1.807, 2.05) is 41.9 Å². The highest BCUT2D eigenvalue weighted by molar-refractivity contribution is 9.10. The van der Waals surface area contributed by atoms with E-state index in [0.29, 0.717) is 16.2 Å². The monoisotopic (exact) mass is 479 g/mol. The largest absolute Gasteiger partial charge is 0.359 e. The molecule has 1 aliphatic carbocycles. The number of anilines is 1. The van der Waals surface area contributed by atoms with Gasteiger partial charge in [0.1, 0.15) is 4.60 Å². The molecule has 1 fully saturated rings. The molecule has 0 bridgehead atoms. The number of halogens is 1. The second-order valence-electron chi connectivity index (χ2n) is 8.24. The molecule has 4 aromatic rings. The molecule has 158 valence electrons. The van der Waals surface area contributed by atoms with E-state index < -0.39 is 0 Å². The molecule has 0 radical (unpaired) electrons. The standard InChI is InChI=1S/C22H22BrN7O/c1-22(20(31)24-2)8-7-14(11-22)27-21-26-12-16-18(23)29-30(19(16)28-21)15-5-6-17-13(10-15)4-3-9-25-17/h3-6,9-10,12,14H,7-8,11H2,1-2H3,(H,24,31)(H,26,27,28)/t14-,22+/m1/s1. The predicted octanol–water partition coefficient (Wildman–Crippen LogP) is 3.84. The number of amides is 1. The summed E-state index contributed by atoms with van der Waals surface area (Å²) < 4.78 is 2.50. The number of hydrogen-bond acceptors (Lipinski definition) is 6. The Balaban J connectivity index is 1.48. The fraction of sp³-hybridized carbons (Fsp3) is 0.318. The minimum absolute atomic E-state index is 0.0842. The summed E-state index contributed by atoms with van der Waals surface area (Å²) in [5, 5.41) is 12.7. The van der Waals surface area contributed by atoms with Crippen LogP contribution in [0, 0.1) is 5.41 Å². The molecule has 1 aliphatic rings. The molecule has 1 saturated carbocycles. The Morgan fingerprint density at radius 1 is 1.29 bits per heavy atom. The van der Waals surface area contributed by atoms with Gasteiger partial charge in [0.05, 0.1) is 16.6 Å². The van der Waals surface area contributed by atoms with Gasteiger partial charge in [-0.05, 0) is 59.5 Å². The zero-order valence-electron chi connectivity index (χ0n) is 17.3. The first kappa shape index (κ1) is 19.9. The number of fused-ring (bicyclic) bond motifs is 2. The molecule has 9 heteroatoms. The van der Waals surface area contributed by atoms with Gasteiger partial charge in [-0.3, -0.25) is 9.78 Å². The van der Waals surface area contributed by atoms with Crippen molar-refractivity contribution in [2.24, 2.45) is 5.41 Å². The normalized spacial score (nSPS) is 20.9. The molecule has 3 heterocycles. The number of pyridine rings is 1. The first-order valence-electron chi connectivity index (χ1n) is 10.2. The van der Waals surface area contributed by atoms with Crippen molar-refractivity contribution in [3.05, 3.63) is 47.3 Å². The summed E-state index contributed by atoms with van der Waals surface area (Å²) in [6.45, 7) is 2.01. The minimum Gasteiger partial charge on any atom is -0.359 e. The second kappa shape index (κ2) is 7.56. The van der Waals surface area contributed by atoms with Gasteiger partial charge in [-0.15, -0.1) is 0 Å². The SMILES string of the molecule is CNC(=O)[C@@]1(C)CC[C@@H](Nc2ncc3c(Br)nn(-c4ccc5ncccc5c4)c3n2)C1. The van der Waals surface area contributed by atoms with Crippen LogP contribution in [0.1, 0.15) is 26.2 Å². The molecule has 1 amide bonds. The molecule has 3 aromatic heterocycles. The van der Waals surface area contributed by atoms with Gasteiger partial charge in [0.25, 0.3) is 0 Å². The van der Waals surface area contributed by atoms with Crippen LogP contribution in [0.25, 0.3) is 27.6 Å². The third-order valence-electron chi connectivity index (χ3n) is 6.06. The van der Waals surface area contributed by atoms with Crippen molar-refractivity contribution in [1.29, 1.82) is 0 Å². The van der Waals surface area contributed by atoms with Crippen LogP contribution in [0.15, 0.2) is 47.3 Å². The van der Waals surface area contributed by atoms with Crippen molar-refractivity contribution in [3.8, 4) is 5.69 Å². The Bertz CT molecular complexity index is 1300. The summed E-state index contributed by atoms with van der Waals surface area (Å²) in [5.74, 6) is 0.621. The summed E-state index contributed by atoms with van der Waals surface area (Å²) in [6, 6.07) is 10.1. The van der Waals surface area contributed by atoms with Crippen LogP contribution in [0.5, 0.6) is 0 Å². The molecular formula is C22H22BrN7O. The number of nitrogens with one attached hydrogen (secondary N) is 2. The zero-order chi connectivity index (χ0) is 21.6. The predicted molar refractivity (Wildman–Crippen MR) is 123 cm³/mol. The molecule has 2 atom stereocenters. The van der Waals surface area contributed by atoms with E-state index in [2.05, 4.69) is 41.6 Å². The van der Waals surface area contributed by atoms with Crippen LogP contribution >= 0.6 is 15.9 Å². The molecular weight excluding hydrogens is 458 g/mol. The Hall–Kier alpha value is -3.07. The summed E-state index contributed by atoms with van der Waals surface area (Å²) in [6.07, 6.45) is 6.03. The average molecular weight is 480 g/mol. The van der Waals surface area contributed by atoms with Crippen molar-refractivity contribution >= 4 is 49.7 Å². The summed E-state index contributed by atoms with van der Waals surface area (Å²) in [7, 11) is 1.69. The van der Waals surface area contributed by atoms with Crippen LogP contribution in [-0.4, -0.2) is 43.7 Å². The fourth-order valence-corrected chi connectivity index (χ4v) is 4.81. The third-order valence-corrected chi connectivity index (χ3v) is 6.65. The minimum atomic E-state index is -0.361. The molecule has 2 N–H and O–H groups in total. The lowest BCUT2D eigenvalue weighted by molar-refractivity contribution is -0.129. The van der Waals surface area contributed by atoms with Crippen molar-refractivity contribution in [1.82, 2.24) is 30.0 Å².